The highest BCUT2D eigenvalue weighted by atomic mass is 79.9. The molecule has 0 fully saturated rings. The molecule has 0 aliphatic heterocycles. The SMILES string of the molecule is O=Cc1ccc2c(c1)c1ccccc1n2-c1ccccc1Br. The number of halogens is 1. The summed E-state index contributed by atoms with van der Waals surface area (Å²) in [5.41, 5.74) is 4.02. The first kappa shape index (κ1) is 13.3. The molecule has 106 valence electrons. The minimum absolute atomic E-state index is 0.697. The summed E-state index contributed by atoms with van der Waals surface area (Å²) in [7, 11) is 0. The second-order valence-corrected chi connectivity index (χ2v) is 6.05. The van der Waals surface area contributed by atoms with Crippen LogP contribution in [-0.4, -0.2) is 10.9 Å². The van der Waals surface area contributed by atoms with Crippen LogP contribution in [0.2, 0.25) is 0 Å². The van der Waals surface area contributed by atoms with Gasteiger partial charge in [0.25, 0.3) is 0 Å². The molecule has 0 aliphatic rings. The van der Waals surface area contributed by atoms with E-state index in [1.54, 1.807) is 0 Å². The molecule has 1 heterocycles. The standard InChI is InChI=1S/C19H12BrNO/c20-16-6-2-4-8-19(16)21-17-7-3-1-5-14(17)15-11-13(12-22)9-10-18(15)21/h1-12H. The number of hydrogen-bond acceptors (Lipinski definition) is 1. The van der Waals surface area contributed by atoms with Gasteiger partial charge in [-0.15, -0.1) is 0 Å². The zero-order valence-corrected chi connectivity index (χ0v) is 13.2. The van der Waals surface area contributed by atoms with E-state index in [1.807, 2.05) is 48.5 Å². The molecule has 0 amide bonds. The molecule has 3 heteroatoms. The molecule has 0 saturated carbocycles. The lowest BCUT2D eigenvalue weighted by molar-refractivity contribution is 0.112. The number of aromatic nitrogens is 1. The monoisotopic (exact) mass is 349 g/mol. The minimum atomic E-state index is 0.697. The maximum Gasteiger partial charge on any atom is 0.150 e. The average molecular weight is 350 g/mol. The van der Waals surface area contributed by atoms with Gasteiger partial charge in [0.05, 0.1) is 16.7 Å². The molecule has 0 saturated heterocycles. The van der Waals surface area contributed by atoms with Crippen LogP contribution in [0.3, 0.4) is 0 Å². The van der Waals surface area contributed by atoms with Crippen LogP contribution < -0.4 is 0 Å². The second-order valence-electron chi connectivity index (χ2n) is 5.20. The zero-order valence-electron chi connectivity index (χ0n) is 11.7. The van der Waals surface area contributed by atoms with Crippen molar-refractivity contribution in [2.75, 3.05) is 0 Å². The number of hydrogen-bond donors (Lipinski definition) is 0. The minimum Gasteiger partial charge on any atom is -0.308 e. The molecule has 3 aromatic carbocycles. The quantitative estimate of drug-likeness (QED) is 0.446. The average Bonchev–Trinajstić information content (AvgIpc) is 2.89. The van der Waals surface area contributed by atoms with E-state index in [9.17, 15) is 4.79 Å². The van der Waals surface area contributed by atoms with Gasteiger partial charge in [-0.05, 0) is 52.3 Å². The fraction of sp³-hybridized carbons (Fsp3) is 0. The third-order valence-electron chi connectivity index (χ3n) is 3.93. The predicted molar refractivity (Wildman–Crippen MR) is 93.9 cm³/mol. The van der Waals surface area contributed by atoms with E-state index in [1.165, 1.54) is 0 Å². The van der Waals surface area contributed by atoms with E-state index in [-0.39, 0.29) is 0 Å². The summed E-state index contributed by atoms with van der Waals surface area (Å²) in [5.74, 6) is 0. The van der Waals surface area contributed by atoms with Gasteiger partial charge in [0.2, 0.25) is 0 Å². The van der Waals surface area contributed by atoms with Crippen molar-refractivity contribution in [2.45, 2.75) is 0 Å². The zero-order chi connectivity index (χ0) is 15.1. The van der Waals surface area contributed by atoms with Gasteiger partial charge in [-0.1, -0.05) is 30.3 Å². The third kappa shape index (κ3) is 1.90. The van der Waals surface area contributed by atoms with E-state index >= 15 is 0 Å². The first-order valence-corrected chi connectivity index (χ1v) is 7.82. The van der Waals surface area contributed by atoms with Crippen LogP contribution in [0.1, 0.15) is 10.4 Å². The summed E-state index contributed by atoms with van der Waals surface area (Å²) >= 11 is 3.64. The number of carbonyl (C=O) groups is 1. The molecule has 0 N–H and O–H groups in total. The summed E-state index contributed by atoms with van der Waals surface area (Å²) in [5, 5.41) is 2.24. The summed E-state index contributed by atoms with van der Waals surface area (Å²) in [6.45, 7) is 0. The van der Waals surface area contributed by atoms with Crippen molar-refractivity contribution < 1.29 is 4.79 Å². The van der Waals surface area contributed by atoms with Gasteiger partial charge in [-0.3, -0.25) is 4.79 Å². The van der Waals surface area contributed by atoms with Crippen molar-refractivity contribution >= 4 is 44.0 Å². The number of benzene rings is 3. The van der Waals surface area contributed by atoms with E-state index in [0.29, 0.717) is 5.56 Å². The van der Waals surface area contributed by atoms with Crippen molar-refractivity contribution in [2.24, 2.45) is 0 Å². The third-order valence-corrected chi connectivity index (χ3v) is 4.60. The smallest absolute Gasteiger partial charge is 0.150 e. The molecule has 0 spiro atoms. The molecular formula is C19H12BrNO. The Morgan fingerprint density at radius 2 is 1.55 bits per heavy atom. The fourth-order valence-corrected chi connectivity index (χ4v) is 3.42. The number of aldehydes is 1. The lowest BCUT2D eigenvalue weighted by Gasteiger charge is -2.09. The summed E-state index contributed by atoms with van der Waals surface area (Å²) in [6, 6.07) is 22.3. The number of para-hydroxylation sites is 2. The van der Waals surface area contributed by atoms with Gasteiger partial charge in [0.15, 0.2) is 0 Å². The Balaban J connectivity index is 2.21. The van der Waals surface area contributed by atoms with Crippen LogP contribution in [0.15, 0.2) is 71.2 Å². The Morgan fingerprint density at radius 3 is 2.36 bits per heavy atom. The maximum absolute atomic E-state index is 11.1. The van der Waals surface area contributed by atoms with Gasteiger partial charge in [0.1, 0.15) is 6.29 Å². The Labute approximate surface area is 136 Å². The predicted octanol–water partition coefficient (Wildman–Crippen LogP) is 5.36. The van der Waals surface area contributed by atoms with Crippen molar-refractivity contribution in [3.8, 4) is 5.69 Å². The summed E-state index contributed by atoms with van der Waals surface area (Å²) < 4.78 is 3.26. The lowest BCUT2D eigenvalue weighted by atomic mass is 10.1. The van der Waals surface area contributed by atoms with E-state index in [4.69, 9.17) is 0 Å². The molecule has 0 unspecified atom stereocenters. The molecule has 0 aliphatic carbocycles. The van der Waals surface area contributed by atoms with Crippen LogP contribution in [0, 0.1) is 0 Å². The van der Waals surface area contributed by atoms with Crippen LogP contribution in [0.5, 0.6) is 0 Å². The fourth-order valence-electron chi connectivity index (χ4n) is 2.96. The first-order valence-electron chi connectivity index (χ1n) is 7.03. The lowest BCUT2D eigenvalue weighted by Crippen LogP contribution is -1.94. The largest absolute Gasteiger partial charge is 0.308 e. The van der Waals surface area contributed by atoms with Gasteiger partial charge in [0, 0.05) is 20.8 Å². The van der Waals surface area contributed by atoms with Crippen LogP contribution >= 0.6 is 15.9 Å². The van der Waals surface area contributed by atoms with Gasteiger partial charge in [-0.25, -0.2) is 0 Å². The molecule has 0 bridgehead atoms. The molecule has 1 aromatic heterocycles. The molecule has 0 atom stereocenters. The van der Waals surface area contributed by atoms with Crippen molar-refractivity contribution in [3.63, 3.8) is 0 Å². The van der Waals surface area contributed by atoms with Crippen LogP contribution in [0.4, 0.5) is 0 Å². The topological polar surface area (TPSA) is 22.0 Å². The van der Waals surface area contributed by atoms with Crippen molar-refractivity contribution in [1.82, 2.24) is 4.57 Å². The normalized spacial score (nSPS) is 11.1. The summed E-state index contributed by atoms with van der Waals surface area (Å²) in [6.07, 6.45) is 0.893. The molecule has 0 radical (unpaired) electrons. The number of carbonyl (C=O) groups excluding carboxylic acids is 1. The Hall–Kier alpha value is -2.39. The Bertz CT molecular complexity index is 1020. The maximum atomic E-state index is 11.1. The van der Waals surface area contributed by atoms with Crippen LogP contribution in [-0.2, 0) is 0 Å². The van der Waals surface area contributed by atoms with E-state index in [0.717, 1.165) is 38.3 Å². The van der Waals surface area contributed by atoms with E-state index < -0.39 is 0 Å². The number of rotatable bonds is 2. The van der Waals surface area contributed by atoms with Crippen molar-refractivity contribution in [3.05, 3.63) is 76.8 Å². The van der Waals surface area contributed by atoms with Gasteiger partial charge < -0.3 is 4.57 Å². The molecule has 4 aromatic rings. The number of fused-ring (bicyclic) bond motifs is 3. The summed E-state index contributed by atoms with van der Waals surface area (Å²) in [4.78, 5) is 11.1. The Kier molecular flexibility index (Phi) is 3.09. The van der Waals surface area contributed by atoms with Gasteiger partial charge >= 0.3 is 0 Å². The molecule has 2 nitrogen and oxygen atoms in total. The highest BCUT2D eigenvalue weighted by molar-refractivity contribution is 9.10. The van der Waals surface area contributed by atoms with Gasteiger partial charge in [-0.2, -0.15) is 0 Å². The highest BCUT2D eigenvalue weighted by Crippen LogP contribution is 2.34. The molecule has 22 heavy (non-hydrogen) atoms. The highest BCUT2D eigenvalue weighted by Gasteiger charge is 2.13. The Morgan fingerprint density at radius 1 is 0.818 bits per heavy atom. The van der Waals surface area contributed by atoms with E-state index in [2.05, 4.69) is 38.7 Å². The second kappa shape index (κ2) is 5.11. The first-order chi connectivity index (χ1) is 10.8. The number of nitrogens with zero attached hydrogens (tertiary/aromatic N) is 1. The van der Waals surface area contributed by atoms with Crippen LogP contribution in [0.25, 0.3) is 27.5 Å². The van der Waals surface area contributed by atoms with Crippen molar-refractivity contribution in [1.29, 1.82) is 0 Å². The molecular weight excluding hydrogens is 338 g/mol. The molecule has 4 rings (SSSR count).